The lowest BCUT2D eigenvalue weighted by Crippen LogP contribution is -2.25. The Kier molecular flexibility index (Phi) is 6.61. The molecule has 27 heavy (non-hydrogen) atoms. The second-order valence-electron chi connectivity index (χ2n) is 6.39. The SMILES string of the molecule is COc1ccccc1NC(N)=NCC1(c2cccc(C(F)(F)F)c2)CC1.I. The zero-order valence-electron chi connectivity index (χ0n) is 14.7. The number of guanidine groups is 1. The average molecular weight is 491 g/mol. The number of halogens is 4. The number of benzene rings is 2. The Morgan fingerprint density at radius 2 is 1.89 bits per heavy atom. The summed E-state index contributed by atoms with van der Waals surface area (Å²) in [5, 5.41) is 2.97. The number of para-hydroxylation sites is 2. The maximum atomic E-state index is 12.9. The topological polar surface area (TPSA) is 59.6 Å². The standard InChI is InChI=1S/C19H20F3N3O.HI/c1-26-16-8-3-2-7-15(16)25-17(23)24-12-18(9-10-18)13-5-4-6-14(11-13)19(20,21)22;/h2-8,11H,9-10,12H2,1H3,(H3,23,24,25);1H. The lowest BCUT2D eigenvalue weighted by atomic mass is 9.94. The van der Waals surface area contributed by atoms with Crippen molar-refractivity contribution >= 4 is 35.6 Å². The van der Waals surface area contributed by atoms with Gasteiger partial charge in [-0.15, -0.1) is 24.0 Å². The molecule has 0 aromatic heterocycles. The molecule has 3 N–H and O–H groups in total. The molecule has 2 aromatic carbocycles. The molecule has 4 nitrogen and oxygen atoms in total. The van der Waals surface area contributed by atoms with Crippen LogP contribution in [0, 0.1) is 0 Å². The first-order valence-corrected chi connectivity index (χ1v) is 8.22. The monoisotopic (exact) mass is 491 g/mol. The maximum absolute atomic E-state index is 12.9. The predicted octanol–water partition coefficient (Wildman–Crippen LogP) is 4.79. The molecule has 0 aliphatic heterocycles. The summed E-state index contributed by atoms with van der Waals surface area (Å²) in [6, 6.07) is 12.7. The number of hydrogen-bond acceptors (Lipinski definition) is 2. The zero-order valence-corrected chi connectivity index (χ0v) is 17.0. The number of nitrogens with zero attached hydrogens (tertiary/aromatic N) is 1. The molecule has 0 amide bonds. The van der Waals surface area contributed by atoms with Gasteiger partial charge in [-0.25, -0.2) is 0 Å². The largest absolute Gasteiger partial charge is 0.495 e. The van der Waals surface area contributed by atoms with Crippen LogP contribution in [0.5, 0.6) is 5.75 Å². The average Bonchev–Trinajstić information content (AvgIpc) is 3.41. The normalized spacial score (nSPS) is 15.6. The van der Waals surface area contributed by atoms with Crippen molar-refractivity contribution < 1.29 is 17.9 Å². The second-order valence-corrected chi connectivity index (χ2v) is 6.39. The summed E-state index contributed by atoms with van der Waals surface area (Å²) >= 11 is 0. The van der Waals surface area contributed by atoms with Gasteiger partial charge in [0.15, 0.2) is 5.96 Å². The van der Waals surface area contributed by atoms with Gasteiger partial charge in [-0.05, 0) is 36.6 Å². The zero-order chi connectivity index (χ0) is 18.8. The molecule has 1 aliphatic rings. The third kappa shape index (κ3) is 5.06. The fourth-order valence-corrected chi connectivity index (χ4v) is 2.88. The highest BCUT2D eigenvalue weighted by Gasteiger charge is 2.45. The molecule has 1 saturated carbocycles. The maximum Gasteiger partial charge on any atom is 0.416 e. The highest BCUT2D eigenvalue weighted by molar-refractivity contribution is 14.0. The minimum absolute atomic E-state index is 0. The van der Waals surface area contributed by atoms with E-state index in [4.69, 9.17) is 10.5 Å². The number of nitrogens with one attached hydrogen (secondary N) is 1. The summed E-state index contributed by atoms with van der Waals surface area (Å²) in [5.74, 6) is 0.831. The fraction of sp³-hybridized carbons (Fsp3) is 0.316. The second kappa shape index (κ2) is 8.37. The van der Waals surface area contributed by atoms with Gasteiger partial charge in [0, 0.05) is 5.41 Å². The molecular weight excluding hydrogens is 470 g/mol. The molecule has 146 valence electrons. The number of aliphatic imine (C=N–C) groups is 1. The van der Waals surface area contributed by atoms with E-state index in [0.29, 0.717) is 23.5 Å². The minimum Gasteiger partial charge on any atom is -0.495 e. The van der Waals surface area contributed by atoms with Crippen LogP contribution in [0.1, 0.15) is 24.0 Å². The van der Waals surface area contributed by atoms with Crippen LogP contribution in [0.15, 0.2) is 53.5 Å². The number of hydrogen-bond donors (Lipinski definition) is 2. The van der Waals surface area contributed by atoms with E-state index < -0.39 is 11.7 Å². The highest BCUT2D eigenvalue weighted by atomic mass is 127. The molecule has 0 unspecified atom stereocenters. The summed E-state index contributed by atoms with van der Waals surface area (Å²) in [7, 11) is 1.56. The van der Waals surface area contributed by atoms with Gasteiger partial charge >= 0.3 is 6.18 Å². The fourth-order valence-electron chi connectivity index (χ4n) is 2.88. The molecule has 8 heteroatoms. The van der Waals surface area contributed by atoms with Gasteiger partial charge in [0.2, 0.25) is 0 Å². The van der Waals surface area contributed by atoms with E-state index >= 15 is 0 Å². The van der Waals surface area contributed by atoms with Crippen molar-refractivity contribution in [2.75, 3.05) is 19.0 Å². The van der Waals surface area contributed by atoms with Crippen molar-refractivity contribution in [3.63, 3.8) is 0 Å². The summed E-state index contributed by atoms with van der Waals surface area (Å²) < 4.78 is 44.0. The molecule has 0 spiro atoms. The number of methoxy groups -OCH3 is 1. The molecule has 1 fully saturated rings. The molecule has 1 aliphatic carbocycles. The smallest absolute Gasteiger partial charge is 0.416 e. The van der Waals surface area contributed by atoms with Crippen LogP contribution < -0.4 is 15.8 Å². The quantitative estimate of drug-likeness (QED) is 0.359. The molecule has 0 atom stereocenters. The van der Waals surface area contributed by atoms with Gasteiger partial charge in [-0.2, -0.15) is 13.2 Å². The first kappa shape index (κ1) is 21.3. The Morgan fingerprint density at radius 1 is 1.19 bits per heavy atom. The van der Waals surface area contributed by atoms with Crippen LogP contribution in [0.2, 0.25) is 0 Å². The summed E-state index contributed by atoms with van der Waals surface area (Å²) in [6.07, 6.45) is -2.76. The lowest BCUT2D eigenvalue weighted by molar-refractivity contribution is -0.137. The van der Waals surface area contributed by atoms with Crippen molar-refractivity contribution in [1.82, 2.24) is 0 Å². The van der Waals surface area contributed by atoms with E-state index in [2.05, 4.69) is 10.3 Å². The van der Waals surface area contributed by atoms with Crippen molar-refractivity contribution in [3.05, 3.63) is 59.7 Å². The molecule has 3 rings (SSSR count). The van der Waals surface area contributed by atoms with E-state index in [9.17, 15) is 13.2 Å². The van der Waals surface area contributed by atoms with Crippen LogP contribution in [0.3, 0.4) is 0 Å². The molecule has 0 bridgehead atoms. The Morgan fingerprint density at radius 3 is 2.52 bits per heavy atom. The number of rotatable bonds is 5. The Bertz CT molecular complexity index is 820. The van der Waals surface area contributed by atoms with Crippen LogP contribution in [0.25, 0.3) is 0 Å². The van der Waals surface area contributed by atoms with Crippen LogP contribution >= 0.6 is 24.0 Å². The molecule has 2 aromatic rings. The summed E-state index contributed by atoms with van der Waals surface area (Å²) in [4.78, 5) is 4.34. The Balaban J connectivity index is 0.00000261. The van der Waals surface area contributed by atoms with Crippen molar-refractivity contribution in [3.8, 4) is 5.75 Å². The van der Waals surface area contributed by atoms with Crippen LogP contribution in [-0.2, 0) is 11.6 Å². The summed E-state index contributed by atoms with van der Waals surface area (Å²) in [6.45, 7) is 0.336. The van der Waals surface area contributed by atoms with Gasteiger partial charge in [0.25, 0.3) is 0 Å². The number of anilines is 1. The Labute approximate surface area is 173 Å². The third-order valence-electron chi connectivity index (χ3n) is 4.58. The van der Waals surface area contributed by atoms with Crippen LogP contribution in [0.4, 0.5) is 18.9 Å². The van der Waals surface area contributed by atoms with E-state index in [1.54, 1.807) is 25.3 Å². The van der Waals surface area contributed by atoms with Gasteiger partial charge in [-0.1, -0.05) is 30.3 Å². The molecular formula is C19H21F3IN3O. The molecule has 0 saturated heterocycles. The van der Waals surface area contributed by atoms with E-state index in [-0.39, 0.29) is 35.4 Å². The van der Waals surface area contributed by atoms with Gasteiger partial charge in [0.1, 0.15) is 5.75 Å². The van der Waals surface area contributed by atoms with Crippen molar-refractivity contribution in [1.29, 1.82) is 0 Å². The number of ether oxygens (including phenoxy) is 1. The van der Waals surface area contributed by atoms with Gasteiger partial charge in [-0.3, -0.25) is 4.99 Å². The molecule has 0 radical (unpaired) electrons. The van der Waals surface area contributed by atoms with E-state index in [1.165, 1.54) is 12.1 Å². The first-order valence-electron chi connectivity index (χ1n) is 8.22. The molecule has 0 heterocycles. The number of nitrogens with two attached hydrogens (primary N) is 1. The predicted molar refractivity (Wildman–Crippen MR) is 111 cm³/mol. The lowest BCUT2D eigenvalue weighted by Gasteiger charge is -2.16. The first-order chi connectivity index (χ1) is 12.3. The van der Waals surface area contributed by atoms with Gasteiger partial charge in [0.05, 0.1) is 24.9 Å². The Hall–Kier alpha value is -1.97. The minimum atomic E-state index is -4.35. The van der Waals surface area contributed by atoms with Crippen molar-refractivity contribution in [2.45, 2.75) is 24.4 Å². The van der Waals surface area contributed by atoms with E-state index in [0.717, 1.165) is 18.9 Å². The highest BCUT2D eigenvalue weighted by Crippen LogP contribution is 2.49. The van der Waals surface area contributed by atoms with Gasteiger partial charge < -0.3 is 15.8 Å². The summed E-state index contributed by atoms with van der Waals surface area (Å²) in [5.41, 5.74) is 6.28. The van der Waals surface area contributed by atoms with Crippen LogP contribution in [-0.4, -0.2) is 19.6 Å². The number of alkyl halides is 3. The van der Waals surface area contributed by atoms with E-state index in [1.807, 2.05) is 12.1 Å². The third-order valence-corrected chi connectivity index (χ3v) is 4.58. The van der Waals surface area contributed by atoms with Crippen molar-refractivity contribution in [2.24, 2.45) is 10.7 Å².